The standard InChI is InChI=1S/C18H24O3/c1-3-5-12-15(19)17(16(20)13-6-4-2)18(21)14-10-8-7-9-11-14/h7-11,17H,3-6,12-13H2,1-2H3. The van der Waals surface area contributed by atoms with Crippen molar-refractivity contribution in [3.8, 4) is 0 Å². The van der Waals surface area contributed by atoms with Gasteiger partial charge in [0.1, 0.15) is 5.92 Å². The SMILES string of the molecule is CCCCC(=O)C(C(=O)CCCC)C(=O)c1ccccc1. The van der Waals surface area contributed by atoms with E-state index in [0.717, 1.165) is 25.7 Å². The van der Waals surface area contributed by atoms with Crippen LogP contribution in [0.1, 0.15) is 62.7 Å². The fraction of sp³-hybridized carbons (Fsp3) is 0.500. The molecule has 0 N–H and O–H groups in total. The third-order valence-corrected chi connectivity index (χ3v) is 3.52. The summed E-state index contributed by atoms with van der Waals surface area (Å²) in [5.74, 6) is -1.91. The van der Waals surface area contributed by atoms with Crippen LogP contribution in [-0.4, -0.2) is 17.3 Å². The fourth-order valence-electron chi connectivity index (χ4n) is 2.23. The lowest BCUT2D eigenvalue weighted by atomic mass is 9.86. The minimum absolute atomic E-state index is 0.230. The Balaban J connectivity index is 2.92. The quantitative estimate of drug-likeness (QED) is 0.483. The van der Waals surface area contributed by atoms with Crippen LogP contribution in [0.25, 0.3) is 0 Å². The van der Waals surface area contributed by atoms with Gasteiger partial charge >= 0.3 is 0 Å². The predicted octanol–water partition coefficient (Wildman–Crippen LogP) is 4.00. The van der Waals surface area contributed by atoms with Crippen molar-refractivity contribution in [2.75, 3.05) is 0 Å². The van der Waals surface area contributed by atoms with Crippen LogP contribution in [0.3, 0.4) is 0 Å². The van der Waals surface area contributed by atoms with Crippen molar-refractivity contribution in [1.29, 1.82) is 0 Å². The zero-order chi connectivity index (χ0) is 15.7. The molecule has 1 aromatic rings. The average Bonchev–Trinajstić information content (AvgIpc) is 2.51. The highest BCUT2D eigenvalue weighted by molar-refractivity contribution is 6.24. The molecule has 21 heavy (non-hydrogen) atoms. The minimum Gasteiger partial charge on any atom is -0.298 e. The number of rotatable bonds is 10. The number of carbonyl (C=O) groups is 3. The smallest absolute Gasteiger partial charge is 0.180 e. The molecule has 0 amide bonds. The molecule has 0 aliphatic heterocycles. The summed E-state index contributed by atoms with van der Waals surface area (Å²) < 4.78 is 0. The second kappa shape index (κ2) is 9.22. The first kappa shape index (κ1) is 17.3. The van der Waals surface area contributed by atoms with E-state index in [1.807, 2.05) is 19.9 Å². The van der Waals surface area contributed by atoms with Crippen LogP contribution in [0.2, 0.25) is 0 Å². The highest BCUT2D eigenvalue weighted by Crippen LogP contribution is 2.17. The molecule has 0 heterocycles. The van der Waals surface area contributed by atoms with Crippen molar-refractivity contribution in [3.05, 3.63) is 35.9 Å². The molecule has 0 saturated carbocycles. The van der Waals surface area contributed by atoms with E-state index in [0.29, 0.717) is 18.4 Å². The maximum atomic E-state index is 12.5. The monoisotopic (exact) mass is 288 g/mol. The van der Waals surface area contributed by atoms with Gasteiger partial charge in [0, 0.05) is 18.4 Å². The first-order valence-corrected chi connectivity index (χ1v) is 7.76. The normalized spacial score (nSPS) is 10.6. The van der Waals surface area contributed by atoms with Crippen molar-refractivity contribution >= 4 is 17.3 Å². The van der Waals surface area contributed by atoms with Crippen molar-refractivity contribution in [1.82, 2.24) is 0 Å². The van der Waals surface area contributed by atoms with Gasteiger partial charge in [-0.15, -0.1) is 0 Å². The minimum atomic E-state index is -1.11. The third kappa shape index (κ3) is 5.25. The van der Waals surface area contributed by atoms with Gasteiger partial charge in [-0.25, -0.2) is 0 Å². The van der Waals surface area contributed by atoms with Gasteiger partial charge in [-0.1, -0.05) is 57.0 Å². The van der Waals surface area contributed by atoms with Crippen molar-refractivity contribution in [2.24, 2.45) is 5.92 Å². The topological polar surface area (TPSA) is 51.2 Å². The number of unbranched alkanes of at least 4 members (excludes halogenated alkanes) is 2. The average molecular weight is 288 g/mol. The van der Waals surface area contributed by atoms with Gasteiger partial charge in [0.15, 0.2) is 17.3 Å². The molecule has 0 atom stereocenters. The number of benzene rings is 1. The van der Waals surface area contributed by atoms with E-state index in [1.54, 1.807) is 24.3 Å². The highest BCUT2D eigenvalue weighted by Gasteiger charge is 2.32. The lowest BCUT2D eigenvalue weighted by molar-refractivity contribution is -0.130. The predicted molar refractivity (Wildman–Crippen MR) is 83.3 cm³/mol. The number of Topliss-reactive ketones (excluding diaryl/α,β-unsaturated/α-hetero) is 3. The first-order valence-electron chi connectivity index (χ1n) is 7.76. The Morgan fingerprint density at radius 2 is 1.33 bits per heavy atom. The molecular formula is C18H24O3. The Morgan fingerprint density at radius 3 is 1.76 bits per heavy atom. The molecule has 0 saturated heterocycles. The van der Waals surface area contributed by atoms with Crippen LogP contribution in [-0.2, 0) is 9.59 Å². The lowest BCUT2D eigenvalue weighted by Crippen LogP contribution is -2.32. The van der Waals surface area contributed by atoms with Crippen LogP contribution < -0.4 is 0 Å². The maximum absolute atomic E-state index is 12.5. The lowest BCUT2D eigenvalue weighted by Gasteiger charge is -2.14. The molecule has 0 fully saturated rings. The van der Waals surface area contributed by atoms with Gasteiger partial charge in [-0.05, 0) is 12.8 Å². The Kier molecular flexibility index (Phi) is 7.59. The molecule has 0 bridgehead atoms. The molecule has 3 heteroatoms. The van der Waals surface area contributed by atoms with Gasteiger partial charge in [-0.3, -0.25) is 14.4 Å². The second-order valence-corrected chi connectivity index (χ2v) is 5.30. The van der Waals surface area contributed by atoms with Crippen molar-refractivity contribution in [3.63, 3.8) is 0 Å². The van der Waals surface area contributed by atoms with Gasteiger partial charge in [0.05, 0.1) is 0 Å². The third-order valence-electron chi connectivity index (χ3n) is 3.52. The van der Waals surface area contributed by atoms with Crippen LogP contribution in [0.5, 0.6) is 0 Å². The summed E-state index contributed by atoms with van der Waals surface area (Å²) in [6, 6.07) is 8.63. The fourth-order valence-corrected chi connectivity index (χ4v) is 2.23. The second-order valence-electron chi connectivity index (χ2n) is 5.30. The molecule has 0 unspecified atom stereocenters. The summed E-state index contributed by atoms with van der Waals surface area (Å²) in [6.45, 7) is 3.97. The van der Waals surface area contributed by atoms with Crippen molar-refractivity contribution in [2.45, 2.75) is 52.4 Å². The van der Waals surface area contributed by atoms with Crippen LogP contribution in [0.15, 0.2) is 30.3 Å². The van der Waals surface area contributed by atoms with E-state index >= 15 is 0 Å². The van der Waals surface area contributed by atoms with Crippen LogP contribution >= 0.6 is 0 Å². The number of ketones is 3. The molecule has 1 aromatic carbocycles. The number of hydrogen-bond donors (Lipinski definition) is 0. The zero-order valence-electron chi connectivity index (χ0n) is 12.9. The Morgan fingerprint density at radius 1 is 0.857 bits per heavy atom. The van der Waals surface area contributed by atoms with Gasteiger partial charge in [0.25, 0.3) is 0 Å². The molecule has 3 nitrogen and oxygen atoms in total. The van der Waals surface area contributed by atoms with Crippen LogP contribution in [0.4, 0.5) is 0 Å². The number of hydrogen-bond acceptors (Lipinski definition) is 3. The summed E-state index contributed by atoms with van der Waals surface area (Å²) in [6.07, 6.45) is 3.80. The van der Waals surface area contributed by atoms with E-state index in [9.17, 15) is 14.4 Å². The zero-order valence-corrected chi connectivity index (χ0v) is 12.9. The Hall–Kier alpha value is -1.77. The molecule has 1 rings (SSSR count). The van der Waals surface area contributed by atoms with E-state index in [1.165, 1.54) is 0 Å². The summed E-state index contributed by atoms with van der Waals surface area (Å²) >= 11 is 0. The molecule has 114 valence electrons. The van der Waals surface area contributed by atoms with E-state index in [-0.39, 0.29) is 17.3 Å². The van der Waals surface area contributed by atoms with E-state index in [4.69, 9.17) is 0 Å². The largest absolute Gasteiger partial charge is 0.298 e. The molecule has 0 aromatic heterocycles. The van der Waals surface area contributed by atoms with Gasteiger partial charge < -0.3 is 0 Å². The maximum Gasteiger partial charge on any atom is 0.180 e. The summed E-state index contributed by atoms with van der Waals surface area (Å²) in [5.41, 5.74) is 0.442. The van der Waals surface area contributed by atoms with Crippen LogP contribution in [0, 0.1) is 5.92 Å². The first-order chi connectivity index (χ1) is 10.1. The van der Waals surface area contributed by atoms with E-state index < -0.39 is 5.92 Å². The van der Waals surface area contributed by atoms with E-state index in [2.05, 4.69) is 0 Å². The molecule has 0 radical (unpaired) electrons. The molecule has 0 aliphatic carbocycles. The Bertz CT molecular complexity index is 456. The summed E-state index contributed by atoms with van der Waals surface area (Å²) in [5, 5.41) is 0. The van der Waals surface area contributed by atoms with Crippen molar-refractivity contribution < 1.29 is 14.4 Å². The van der Waals surface area contributed by atoms with Gasteiger partial charge in [-0.2, -0.15) is 0 Å². The highest BCUT2D eigenvalue weighted by atomic mass is 16.2. The molecular weight excluding hydrogens is 264 g/mol. The summed E-state index contributed by atoms with van der Waals surface area (Å²) in [4.78, 5) is 37.1. The molecule has 0 spiro atoms. The van der Waals surface area contributed by atoms with Gasteiger partial charge in [0.2, 0.25) is 0 Å². The number of carbonyl (C=O) groups excluding carboxylic acids is 3. The Labute approximate surface area is 126 Å². The molecule has 0 aliphatic rings. The summed E-state index contributed by atoms with van der Waals surface area (Å²) in [7, 11) is 0.